The van der Waals surface area contributed by atoms with Crippen LogP contribution in [0, 0.1) is 23.7 Å². The molecule has 3 fully saturated rings. The van der Waals surface area contributed by atoms with Crippen LogP contribution in [0.2, 0.25) is 0 Å². The second-order valence-electron chi connectivity index (χ2n) is 6.10. The van der Waals surface area contributed by atoms with Crippen LogP contribution in [0.15, 0.2) is 0 Å². The predicted octanol–water partition coefficient (Wildman–Crippen LogP) is 1.79. The Morgan fingerprint density at radius 3 is 2.56 bits per heavy atom. The van der Waals surface area contributed by atoms with E-state index in [0.717, 1.165) is 6.42 Å². The minimum atomic E-state index is -0.525. The van der Waals surface area contributed by atoms with E-state index < -0.39 is 6.29 Å². The lowest BCUT2D eigenvalue weighted by atomic mass is 9.87. The third kappa shape index (κ3) is 1.45. The van der Waals surface area contributed by atoms with Gasteiger partial charge >= 0.3 is 0 Å². The molecule has 0 radical (unpaired) electrons. The third-order valence-corrected chi connectivity index (χ3v) is 4.88. The number of hydrogen-bond acceptors (Lipinski definition) is 3. The fraction of sp³-hybridized carbons (Fsp3) is 1.00. The van der Waals surface area contributed by atoms with Crippen molar-refractivity contribution in [2.75, 3.05) is 0 Å². The first-order valence-corrected chi connectivity index (χ1v) is 6.57. The van der Waals surface area contributed by atoms with E-state index in [9.17, 15) is 5.11 Å². The zero-order valence-corrected chi connectivity index (χ0v) is 10.3. The predicted molar refractivity (Wildman–Crippen MR) is 59.8 cm³/mol. The van der Waals surface area contributed by atoms with E-state index in [2.05, 4.69) is 20.8 Å². The number of fused-ring (bicyclic) bond motifs is 1. The molecule has 0 aromatic rings. The molecule has 2 aliphatic carbocycles. The van der Waals surface area contributed by atoms with Crippen molar-refractivity contribution in [2.45, 2.75) is 58.2 Å². The summed E-state index contributed by atoms with van der Waals surface area (Å²) in [5, 5.41) is 9.78. The van der Waals surface area contributed by atoms with Crippen molar-refractivity contribution >= 4 is 0 Å². The zero-order chi connectivity index (χ0) is 11.4. The van der Waals surface area contributed by atoms with Gasteiger partial charge in [0.15, 0.2) is 6.29 Å². The minimum Gasteiger partial charge on any atom is -0.372 e. The molecule has 7 atom stereocenters. The molecule has 2 saturated carbocycles. The van der Waals surface area contributed by atoms with Crippen LogP contribution in [-0.4, -0.2) is 29.7 Å². The van der Waals surface area contributed by atoms with Crippen molar-refractivity contribution < 1.29 is 14.6 Å². The van der Waals surface area contributed by atoms with Crippen molar-refractivity contribution in [1.82, 2.24) is 0 Å². The molecular weight excluding hydrogens is 204 g/mol. The van der Waals surface area contributed by atoms with Gasteiger partial charge in [-0.1, -0.05) is 13.8 Å². The van der Waals surface area contributed by atoms with Gasteiger partial charge in [-0.2, -0.15) is 0 Å². The lowest BCUT2D eigenvalue weighted by Crippen LogP contribution is -2.37. The molecule has 1 N–H and O–H groups in total. The van der Waals surface area contributed by atoms with Crippen molar-refractivity contribution in [2.24, 2.45) is 23.7 Å². The molecule has 92 valence electrons. The van der Waals surface area contributed by atoms with E-state index in [0.29, 0.717) is 23.7 Å². The Kier molecular flexibility index (Phi) is 2.54. The van der Waals surface area contributed by atoms with E-state index in [1.165, 1.54) is 6.42 Å². The summed E-state index contributed by atoms with van der Waals surface area (Å²) in [5.74, 6) is 2.12. The Hall–Kier alpha value is -0.120. The van der Waals surface area contributed by atoms with Crippen molar-refractivity contribution in [3.05, 3.63) is 0 Å². The van der Waals surface area contributed by atoms with Gasteiger partial charge in [0, 0.05) is 5.92 Å². The van der Waals surface area contributed by atoms with Gasteiger partial charge in [-0.15, -0.1) is 0 Å². The van der Waals surface area contributed by atoms with Crippen LogP contribution in [0.5, 0.6) is 0 Å². The summed E-state index contributed by atoms with van der Waals surface area (Å²) in [7, 11) is 0. The minimum absolute atomic E-state index is 0.167. The molecule has 0 spiro atoms. The Morgan fingerprint density at radius 2 is 1.88 bits per heavy atom. The molecule has 2 bridgehead atoms. The fourth-order valence-corrected chi connectivity index (χ4v) is 3.66. The summed E-state index contributed by atoms with van der Waals surface area (Å²) in [6, 6.07) is 0. The first kappa shape index (κ1) is 11.0. The molecule has 3 aliphatic rings. The quantitative estimate of drug-likeness (QED) is 0.797. The first-order valence-electron chi connectivity index (χ1n) is 6.57. The number of rotatable bonds is 3. The van der Waals surface area contributed by atoms with Crippen LogP contribution >= 0.6 is 0 Å². The van der Waals surface area contributed by atoms with E-state index >= 15 is 0 Å². The SMILES string of the molecule is CC(C)[C@@H](C)OC1C2CC3C(O)OC1C3C2. The highest BCUT2D eigenvalue weighted by atomic mass is 16.6. The zero-order valence-electron chi connectivity index (χ0n) is 10.3. The van der Waals surface area contributed by atoms with Gasteiger partial charge in [0.25, 0.3) is 0 Å². The molecule has 0 aromatic heterocycles. The monoisotopic (exact) mass is 226 g/mol. The van der Waals surface area contributed by atoms with Gasteiger partial charge in [0.1, 0.15) is 0 Å². The Bertz CT molecular complexity index is 278. The lowest BCUT2D eigenvalue weighted by molar-refractivity contribution is -0.146. The van der Waals surface area contributed by atoms with Gasteiger partial charge in [-0.3, -0.25) is 0 Å². The molecule has 1 aliphatic heterocycles. The molecule has 1 heterocycles. The molecule has 3 heteroatoms. The fourth-order valence-electron chi connectivity index (χ4n) is 3.66. The Balaban J connectivity index is 1.70. The first-order chi connectivity index (χ1) is 7.58. The molecule has 16 heavy (non-hydrogen) atoms. The highest BCUT2D eigenvalue weighted by Crippen LogP contribution is 2.57. The maximum atomic E-state index is 9.78. The summed E-state index contributed by atoms with van der Waals surface area (Å²) in [5.41, 5.74) is 0. The molecule has 1 saturated heterocycles. The summed E-state index contributed by atoms with van der Waals surface area (Å²) < 4.78 is 11.8. The van der Waals surface area contributed by atoms with Crippen LogP contribution in [0.4, 0.5) is 0 Å². The molecule has 6 unspecified atom stereocenters. The maximum absolute atomic E-state index is 9.78. The maximum Gasteiger partial charge on any atom is 0.158 e. The average Bonchev–Trinajstić information content (AvgIpc) is 2.81. The van der Waals surface area contributed by atoms with Gasteiger partial charge in [-0.05, 0) is 37.5 Å². The highest BCUT2D eigenvalue weighted by Gasteiger charge is 2.61. The van der Waals surface area contributed by atoms with Crippen LogP contribution in [-0.2, 0) is 9.47 Å². The van der Waals surface area contributed by atoms with Gasteiger partial charge in [0.2, 0.25) is 0 Å². The smallest absolute Gasteiger partial charge is 0.158 e. The summed E-state index contributed by atoms with van der Waals surface area (Å²) >= 11 is 0. The van der Waals surface area contributed by atoms with Crippen LogP contribution in [0.25, 0.3) is 0 Å². The van der Waals surface area contributed by atoms with Crippen LogP contribution in [0.1, 0.15) is 33.6 Å². The molecule has 3 rings (SSSR count). The number of aliphatic hydroxyl groups excluding tert-OH is 1. The number of hydrogen-bond donors (Lipinski definition) is 1. The van der Waals surface area contributed by atoms with E-state index in [-0.39, 0.29) is 18.3 Å². The van der Waals surface area contributed by atoms with Crippen molar-refractivity contribution in [3.8, 4) is 0 Å². The second kappa shape index (κ2) is 3.69. The standard InChI is InChI=1S/C13H22O3/c1-6(2)7(3)15-11-8-4-9-10(5-8)13(14)16-12(9)11/h6-14H,4-5H2,1-3H3/t7-,8?,9?,10?,11?,12?,13?/m1/s1. The van der Waals surface area contributed by atoms with Gasteiger partial charge in [-0.25, -0.2) is 0 Å². The third-order valence-electron chi connectivity index (χ3n) is 4.88. The van der Waals surface area contributed by atoms with E-state index in [4.69, 9.17) is 9.47 Å². The van der Waals surface area contributed by atoms with E-state index in [1.807, 2.05) is 0 Å². The lowest BCUT2D eigenvalue weighted by Gasteiger charge is -2.30. The molecule has 3 nitrogen and oxygen atoms in total. The topological polar surface area (TPSA) is 38.7 Å². The van der Waals surface area contributed by atoms with Crippen LogP contribution < -0.4 is 0 Å². The number of aliphatic hydroxyl groups is 1. The van der Waals surface area contributed by atoms with Crippen molar-refractivity contribution in [1.29, 1.82) is 0 Å². The van der Waals surface area contributed by atoms with Gasteiger partial charge < -0.3 is 14.6 Å². The van der Waals surface area contributed by atoms with Crippen LogP contribution in [0.3, 0.4) is 0 Å². The van der Waals surface area contributed by atoms with Gasteiger partial charge in [0.05, 0.1) is 18.3 Å². The molecular formula is C13H22O3. The van der Waals surface area contributed by atoms with Crippen molar-refractivity contribution in [3.63, 3.8) is 0 Å². The largest absolute Gasteiger partial charge is 0.372 e. The second-order valence-corrected chi connectivity index (χ2v) is 6.10. The summed E-state index contributed by atoms with van der Waals surface area (Å²) in [6.45, 7) is 6.51. The highest BCUT2D eigenvalue weighted by molar-refractivity contribution is 5.07. The number of ether oxygens (including phenoxy) is 2. The summed E-state index contributed by atoms with van der Waals surface area (Å²) in [4.78, 5) is 0. The normalized spacial score (nSPS) is 51.6. The summed E-state index contributed by atoms with van der Waals surface area (Å²) in [6.07, 6.45) is 2.45. The average molecular weight is 226 g/mol. The Morgan fingerprint density at radius 1 is 1.19 bits per heavy atom. The Labute approximate surface area is 97.1 Å². The molecule has 0 aromatic carbocycles. The molecule has 0 amide bonds. The van der Waals surface area contributed by atoms with E-state index in [1.54, 1.807) is 0 Å².